The molecular weight excluding hydrogens is 371 g/mol. The maximum absolute atomic E-state index is 13.4. The summed E-state index contributed by atoms with van der Waals surface area (Å²) in [5.41, 5.74) is 7.16. The van der Waals surface area contributed by atoms with Gasteiger partial charge in [0.2, 0.25) is 17.6 Å². The number of benzene rings is 1. The molecule has 0 spiro atoms. The molecule has 2 heterocycles. The molecule has 1 aliphatic rings. The molecule has 0 bridgehead atoms. The lowest BCUT2D eigenvalue weighted by Crippen LogP contribution is -2.42. The summed E-state index contributed by atoms with van der Waals surface area (Å²) in [5.74, 6) is 1.16. The fourth-order valence-electron chi connectivity index (χ4n) is 3.30. The third-order valence-electron chi connectivity index (χ3n) is 5.07. The Bertz CT molecular complexity index is 773. The SMILES string of the molecule is Cc1cc(-c2noc(CCC(=O)N3CCC(C(C)N)CC3)n2)ccc1F.Cl. The van der Waals surface area contributed by atoms with Crippen LogP contribution in [0.15, 0.2) is 22.7 Å². The zero-order chi connectivity index (χ0) is 18.7. The van der Waals surface area contributed by atoms with Gasteiger partial charge >= 0.3 is 0 Å². The first-order valence-corrected chi connectivity index (χ1v) is 9.06. The molecular formula is C19H26ClFN4O2. The molecule has 2 aromatic rings. The summed E-state index contributed by atoms with van der Waals surface area (Å²) in [4.78, 5) is 18.6. The highest BCUT2D eigenvalue weighted by molar-refractivity contribution is 5.85. The van der Waals surface area contributed by atoms with Crippen LogP contribution in [-0.4, -0.2) is 40.1 Å². The molecule has 27 heavy (non-hydrogen) atoms. The smallest absolute Gasteiger partial charge is 0.227 e. The molecule has 148 valence electrons. The maximum Gasteiger partial charge on any atom is 0.227 e. The number of carbonyl (C=O) groups excluding carboxylic acids is 1. The Kier molecular flexibility index (Phi) is 7.33. The number of aryl methyl sites for hydroxylation is 2. The summed E-state index contributed by atoms with van der Waals surface area (Å²) in [7, 11) is 0. The van der Waals surface area contributed by atoms with Crippen LogP contribution in [0.1, 0.15) is 37.6 Å². The van der Waals surface area contributed by atoms with Gasteiger partial charge in [0.15, 0.2) is 0 Å². The fraction of sp³-hybridized carbons (Fsp3) is 0.526. The van der Waals surface area contributed by atoms with E-state index in [4.69, 9.17) is 10.3 Å². The second kappa shape index (κ2) is 9.28. The zero-order valence-electron chi connectivity index (χ0n) is 15.7. The Hall–Kier alpha value is -1.99. The van der Waals surface area contributed by atoms with Crippen molar-refractivity contribution in [1.29, 1.82) is 0 Å². The highest BCUT2D eigenvalue weighted by Gasteiger charge is 2.25. The highest BCUT2D eigenvalue weighted by Crippen LogP contribution is 2.21. The fourth-order valence-corrected chi connectivity index (χ4v) is 3.30. The van der Waals surface area contributed by atoms with E-state index < -0.39 is 0 Å². The van der Waals surface area contributed by atoms with Gasteiger partial charge in [0.1, 0.15) is 5.82 Å². The molecule has 2 N–H and O–H groups in total. The number of rotatable bonds is 5. The van der Waals surface area contributed by atoms with E-state index in [-0.39, 0.29) is 30.2 Å². The van der Waals surface area contributed by atoms with Crippen molar-refractivity contribution in [3.05, 3.63) is 35.5 Å². The number of carbonyl (C=O) groups is 1. The van der Waals surface area contributed by atoms with Crippen LogP contribution in [0, 0.1) is 18.7 Å². The minimum Gasteiger partial charge on any atom is -0.343 e. The maximum atomic E-state index is 13.4. The van der Waals surface area contributed by atoms with Crippen molar-refractivity contribution in [2.24, 2.45) is 11.7 Å². The molecule has 1 saturated heterocycles. The predicted octanol–water partition coefficient (Wildman–Crippen LogP) is 3.12. The number of hydrogen-bond acceptors (Lipinski definition) is 5. The number of likely N-dealkylation sites (tertiary alicyclic amines) is 1. The Morgan fingerprint density at radius 3 is 2.74 bits per heavy atom. The number of aromatic nitrogens is 2. The van der Waals surface area contributed by atoms with Crippen molar-refractivity contribution in [3.63, 3.8) is 0 Å². The van der Waals surface area contributed by atoms with E-state index in [1.165, 1.54) is 6.07 Å². The monoisotopic (exact) mass is 396 g/mol. The average Bonchev–Trinajstić information content (AvgIpc) is 3.11. The Balaban J connectivity index is 0.00000261. The highest BCUT2D eigenvalue weighted by atomic mass is 35.5. The van der Waals surface area contributed by atoms with E-state index in [9.17, 15) is 9.18 Å². The van der Waals surface area contributed by atoms with Gasteiger partial charge in [0.25, 0.3) is 0 Å². The lowest BCUT2D eigenvalue weighted by Gasteiger charge is -2.33. The minimum atomic E-state index is -0.268. The van der Waals surface area contributed by atoms with Gasteiger partial charge < -0.3 is 15.2 Å². The molecule has 1 amide bonds. The average molecular weight is 397 g/mol. The van der Waals surface area contributed by atoms with Crippen LogP contribution in [0.5, 0.6) is 0 Å². The van der Waals surface area contributed by atoms with E-state index in [1.54, 1.807) is 19.1 Å². The summed E-state index contributed by atoms with van der Waals surface area (Å²) in [6, 6.07) is 4.86. The van der Waals surface area contributed by atoms with Gasteiger partial charge in [-0.05, 0) is 56.4 Å². The van der Waals surface area contributed by atoms with Crippen LogP contribution in [0.3, 0.4) is 0 Å². The van der Waals surface area contributed by atoms with E-state index in [0.717, 1.165) is 25.9 Å². The van der Waals surface area contributed by atoms with E-state index in [0.29, 0.717) is 41.6 Å². The van der Waals surface area contributed by atoms with Crippen LogP contribution in [-0.2, 0) is 11.2 Å². The standard InChI is InChI=1S/C19H25FN4O2.ClH/c1-12-11-15(3-4-16(12)20)19-22-17(26-23-19)5-6-18(25)24-9-7-14(8-10-24)13(2)21;/h3-4,11,13-14H,5-10,21H2,1-2H3;1H. The molecule has 3 rings (SSSR count). The number of nitrogens with two attached hydrogens (primary N) is 1. The third kappa shape index (κ3) is 5.26. The molecule has 8 heteroatoms. The first-order chi connectivity index (χ1) is 12.4. The second-order valence-electron chi connectivity index (χ2n) is 7.05. The Labute approximate surface area is 164 Å². The van der Waals surface area contributed by atoms with Gasteiger partial charge in [0.05, 0.1) is 0 Å². The first kappa shape index (κ1) is 21.3. The molecule has 0 radical (unpaired) electrons. The van der Waals surface area contributed by atoms with Gasteiger partial charge in [-0.1, -0.05) is 5.16 Å². The summed E-state index contributed by atoms with van der Waals surface area (Å²) in [5, 5.41) is 3.93. The third-order valence-corrected chi connectivity index (χ3v) is 5.07. The van der Waals surface area contributed by atoms with Crippen molar-refractivity contribution < 1.29 is 13.7 Å². The molecule has 1 atom stereocenters. The normalized spacial score (nSPS) is 16.1. The number of amides is 1. The first-order valence-electron chi connectivity index (χ1n) is 9.06. The molecule has 0 saturated carbocycles. The second-order valence-corrected chi connectivity index (χ2v) is 7.05. The van der Waals surface area contributed by atoms with Crippen molar-refractivity contribution >= 4 is 18.3 Å². The number of piperidine rings is 1. The van der Waals surface area contributed by atoms with Crippen LogP contribution >= 0.6 is 12.4 Å². The minimum absolute atomic E-state index is 0. The lowest BCUT2D eigenvalue weighted by molar-refractivity contribution is -0.132. The topological polar surface area (TPSA) is 85.2 Å². The summed E-state index contributed by atoms with van der Waals surface area (Å²) < 4.78 is 18.6. The van der Waals surface area contributed by atoms with Crippen molar-refractivity contribution in [2.45, 2.75) is 45.6 Å². The lowest BCUT2D eigenvalue weighted by atomic mass is 9.91. The number of halogens is 2. The molecule has 1 fully saturated rings. The van der Waals surface area contributed by atoms with Gasteiger partial charge in [-0.15, -0.1) is 12.4 Å². The Morgan fingerprint density at radius 2 is 2.11 bits per heavy atom. The molecule has 1 aromatic carbocycles. The van der Waals surface area contributed by atoms with E-state index in [1.807, 2.05) is 11.8 Å². The van der Waals surface area contributed by atoms with Gasteiger partial charge in [0, 0.05) is 37.5 Å². The largest absolute Gasteiger partial charge is 0.343 e. The van der Waals surface area contributed by atoms with E-state index in [2.05, 4.69) is 10.1 Å². The summed E-state index contributed by atoms with van der Waals surface area (Å²) in [6.45, 7) is 5.23. The van der Waals surface area contributed by atoms with Crippen LogP contribution in [0.2, 0.25) is 0 Å². The predicted molar refractivity (Wildman–Crippen MR) is 103 cm³/mol. The van der Waals surface area contributed by atoms with Crippen molar-refractivity contribution in [2.75, 3.05) is 13.1 Å². The van der Waals surface area contributed by atoms with Gasteiger partial charge in [-0.2, -0.15) is 4.98 Å². The molecule has 1 aliphatic heterocycles. The van der Waals surface area contributed by atoms with E-state index >= 15 is 0 Å². The van der Waals surface area contributed by atoms with Crippen LogP contribution in [0.4, 0.5) is 4.39 Å². The summed E-state index contributed by atoms with van der Waals surface area (Å²) >= 11 is 0. The molecule has 1 unspecified atom stereocenters. The van der Waals surface area contributed by atoms with Gasteiger partial charge in [-0.3, -0.25) is 4.79 Å². The Morgan fingerprint density at radius 1 is 1.41 bits per heavy atom. The zero-order valence-corrected chi connectivity index (χ0v) is 16.5. The van der Waals surface area contributed by atoms with Crippen molar-refractivity contribution in [1.82, 2.24) is 15.0 Å². The summed E-state index contributed by atoms with van der Waals surface area (Å²) in [6.07, 6.45) is 2.65. The number of hydrogen-bond donors (Lipinski definition) is 1. The number of nitrogens with zero attached hydrogens (tertiary/aromatic N) is 3. The van der Waals surface area contributed by atoms with Gasteiger partial charge in [-0.25, -0.2) is 4.39 Å². The molecule has 0 aliphatic carbocycles. The molecule has 1 aromatic heterocycles. The van der Waals surface area contributed by atoms with Crippen molar-refractivity contribution in [3.8, 4) is 11.4 Å². The molecule has 6 nitrogen and oxygen atoms in total. The van der Waals surface area contributed by atoms with Crippen LogP contribution in [0.25, 0.3) is 11.4 Å². The quantitative estimate of drug-likeness (QED) is 0.839. The van der Waals surface area contributed by atoms with Crippen LogP contribution < -0.4 is 5.73 Å².